The molecule has 0 bridgehead atoms. The Bertz CT molecular complexity index is 649. The van der Waals surface area contributed by atoms with Crippen molar-refractivity contribution in [3.63, 3.8) is 0 Å². The van der Waals surface area contributed by atoms with E-state index in [1.54, 1.807) is 12.1 Å². The summed E-state index contributed by atoms with van der Waals surface area (Å²) in [4.78, 5) is 14.6. The Labute approximate surface area is 161 Å². The zero-order valence-corrected chi connectivity index (χ0v) is 16.7. The molecule has 0 saturated carbocycles. The summed E-state index contributed by atoms with van der Waals surface area (Å²) < 4.78 is 22.5. The number of benzene rings is 1. The highest BCUT2D eigenvalue weighted by Gasteiger charge is 2.23. The van der Waals surface area contributed by atoms with Crippen molar-refractivity contribution >= 4 is 40.7 Å². The van der Waals surface area contributed by atoms with E-state index in [1.807, 2.05) is 13.8 Å². The summed E-state index contributed by atoms with van der Waals surface area (Å²) in [6.07, 6.45) is 0. The van der Waals surface area contributed by atoms with Gasteiger partial charge in [0.1, 0.15) is 0 Å². The fraction of sp³-hybridized carbons (Fsp3) is 0.533. The average molecular weight is 413 g/mol. The molecular formula is C15H26Cl2N4O3S. The SMILES string of the molecule is CC(NC(=O)C(C)N1CCNCC1)c1ccc(S(N)(=O)=O)cc1.Cl.Cl. The van der Waals surface area contributed by atoms with Crippen LogP contribution in [0.1, 0.15) is 25.5 Å². The van der Waals surface area contributed by atoms with E-state index in [-0.39, 0.29) is 47.7 Å². The summed E-state index contributed by atoms with van der Waals surface area (Å²) in [7, 11) is -3.70. The van der Waals surface area contributed by atoms with Crippen LogP contribution >= 0.6 is 24.8 Å². The van der Waals surface area contributed by atoms with Gasteiger partial charge in [0.2, 0.25) is 15.9 Å². The normalized spacial score (nSPS) is 17.6. The molecule has 2 atom stereocenters. The maximum absolute atomic E-state index is 12.4. The van der Waals surface area contributed by atoms with Crippen LogP contribution < -0.4 is 15.8 Å². The zero-order chi connectivity index (χ0) is 17.0. The summed E-state index contributed by atoms with van der Waals surface area (Å²) in [5.41, 5.74) is 0.832. The van der Waals surface area contributed by atoms with Gasteiger partial charge in [0, 0.05) is 26.2 Å². The highest BCUT2D eigenvalue weighted by atomic mass is 35.5. The van der Waals surface area contributed by atoms with Crippen molar-refractivity contribution < 1.29 is 13.2 Å². The second-order valence-electron chi connectivity index (χ2n) is 5.81. The zero-order valence-electron chi connectivity index (χ0n) is 14.3. The standard InChI is InChI=1S/C15H24N4O3S.2ClH/c1-11(13-3-5-14(6-4-13)23(16,21)22)18-15(20)12(2)19-9-7-17-8-10-19;;/h3-6,11-12,17H,7-10H2,1-2H3,(H,18,20)(H2,16,21,22);2*1H. The van der Waals surface area contributed by atoms with Gasteiger partial charge >= 0.3 is 0 Å². The van der Waals surface area contributed by atoms with E-state index >= 15 is 0 Å². The lowest BCUT2D eigenvalue weighted by atomic mass is 10.1. The van der Waals surface area contributed by atoms with Crippen molar-refractivity contribution in [1.29, 1.82) is 0 Å². The molecule has 2 unspecified atom stereocenters. The number of halogens is 2. The molecule has 25 heavy (non-hydrogen) atoms. The highest BCUT2D eigenvalue weighted by Crippen LogP contribution is 2.16. The molecule has 1 amide bonds. The third-order valence-corrected chi connectivity index (χ3v) is 5.08. The van der Waals surface area contributed by atoms with Crippen LogP contribution in [0.4, 0.5) is 0 Å². The Hall–Kier alpha value is -0.900. The molecule has 2 rings (SSSR count). The van der Waals surface area contributed by atoms with E-state index in [4.69, 9.17) is 5.14 Å². The average Bonchev–Trinajstić information content (AvgIpc) is 2.54. The summed E-state index contributed by atoms with van der Waals surface area (Å²) in [6.45, 7) is 7.26. The molecule has 0 spiro atoms. The minimum atomic E-state index is -3.70. The maximum atomic E-state index is 12.4. The van der Waals surface area contributed by atoms with E-state index in [1.165, 1.54) is 12.1 Å². The number of sulfonamides is 1. The number of piperazine rings is 1. The van der Waals surface area contributed by atoms with E-state index in [2.05, 4.69) is 15.5 Å². The molecule has 1 aliphatic heterocycles. The van der Waals surface area contributed by atoms with Crippen LogP contribution in [0, 0.1) is 0 Å². The van der Waals surface area contributed by atoms with Gasteiger partial charge in [-0.2, -0.15) is 0 Å². The van der Waals surface area contributed by atoms with Gasteiger partial charge in [0.05, 0.1) is 17.0 Å². The Balaban J connectivity index is 0.00000288. The molecule has 10 heteroatoms. The van der Waals surface area contributed by atoms with Crippen LogP contribution in [0.15, 0.2) is 29.2 Å². The van der Waals surface area contributed by atoms with Gasteiger partial charge in [-0.05, 0) is 31.5 Å². The minimum absolute atomic E-state index is 0. The fourth-order valence-corrected chi connectivity index (χ4v) is 3.11. The van der Waals surface area contributed by atoms with Crippen molar-refractivity contribution in [3.8, 4) is 0 Å². The number of amides is 1. The number of rotatable bonds is 5. The molecule has 1 saturated heterocycles. The van der Waals surface area contributed by atoms with Gasteiger partial charge < -0.3 is 10.6 Å². The fourth-order valence-electron chi connectivity index (χ4n) is 2.60. The summed E-state index contributed by atoms with van der Waals surface area (Å²) in [6, 6.07) is 5.84. The van der Waals surface area contributed by atoms with Crippen LogP contribution in [0.5, 0.6) is 0 Å². The van der Waals surface area contributed by atoms with E-state index < -0.39 is 10.0 Å². The van der Waals surface area contributed by atoms with Crippen molar-refractivity contribution in [2.45, 2.75) is 30.8 Å². The molecular weight excluding hydrogens is 387 g/mol. The molecule has 0 aromatic heterocycles. The number of carbonyl (C=O) groups is 1. The second kappa shape index (κ2) is 10.3. The Kier molecular flexibility index (Phi) is 9.93. The van der Waals surface area contributed by atoms with Crippen LogP contribution in [-0.4, -0.2) is 51.4 Å². The molecule has 1 aliphatic rings. The Morgan fingerprint density at radius 1 is 1.16 bits per heavy atom. The molecule has 1 aromatic rings. The molecule has 1 fully saturated rings. The topological polar surface area (TPSA) is 105 Å². The lowest BCUT2D eigenvalue weighted by Gasteiger charge is -2.32. The first-order valence-electron chi connectivity index (χ1n) is 7.67. The Morgan fingerprint density at radius 3 is 2.16 bits per heavy atom. The number of nitrogens with zero attached hydrogens (tertiary/aromatic N) is 1. The summed E-state index contributed by atoms with van der Waals surface area (Å²) >= 11 is 0. The largest absolute Gasteiger partial charge is 0.348 e. The van der Waals surface area contributed by atoms with Gasteiger partial charge in [-0.25, -0.2) is 13.6 Å². The van der Waals surface area contributed by atoms with Gasteiger partial charge in [-0.15, -0.1) is 24.8 Å². The van der Waals surface area contributed by atoms with Crippen molar-refractivity contribution in [1.82, 2.24) is 15.5 Å². The first-order valence-corrected chi connectivity index (χ1v) is 9.21. The lowest BCUT2D eigenvalue weighted by Crippen LogP contribution is -2.52. The molecule has 7 nitrogen and oxygen atoms in total. The molecule has 1 aromatic carbocycles. The van der Waals surface area contributed by atoms with Gasteiger partial charge in [0.25, 0.3) is 0 Å². The summed E-state index contributed by atoms with van der Waals surface area (Å²) in [5.74, 6) is -0.0325. The predicted molar refractivity (Wildman–Crippen MR) is 103 cm³/mol. The number of nitrogens with two attached hydrogens (primary N) is 1. The van der Waals surface area contributed by atoms with Crippen LogP contribution in [-0.2, 0) is 14.8 Å². The molecule has 144 valence electrons. The number of hydrogen-bond donors (Lipinski definition) is 3. The van der Waals surface area contributed by atoms with Gasteiger partial charge in [-0.1, -0.05) is 12.1 Å². The summed E-state index contributed by atoms with van der Waals surface area (Å²) in [5, 5.41) is 11.3. The Morgan fingerprint density at radius 2 is 1.68 bits per heavy atom. The maximum Gasteiger partial charge on any atom is 0.238 e. The van der Waals surface area contributed by atoms with Gasteiger partial charge in [-0.3, -0.25) is 9.69 Å². The third-order valence-electron chi connectivity index (χ3n) is 4.15. The first-order chi connectivity index (χ1) is 10.8. The predicted octanol–water partition coefficient (Wildman–Crippen LogP) is 0.648. The van der Waals surface area contributed by atoms with Gasteiger partial charge in [0.15, 0.2) is 0 Å². The highest BCUT2D eigenvalue weighted by molar-refractivity contribution is 7.89. The van der Waals surface area contributed by atoms with Crippen LogP contribution in [0.2, 0.25) is 0 Å². The minimum Gasteiger partial charge on any atom is -0.348 e. The smallest absolute Gasteiger partial charge is 0.238 e. The lowest BCUT2D eigenvalue weighted by molar-refractivity contribution is -0.126. The second-order valence-corrected chi connectivity index (χ2v) is 7.37. The molecule has 4 N–H and O–H groups in total. The monoisotopic (exact) mass is 412 g/mol. The quantitative estimate of drug-likeness (QED) is 0.658. The number of nitrogens with one attached hydrogen (secondary N) is 2. The van der Waals surface area contributed by atoms with Crippen molar-refractivity contribution in [2.24, 2.45) is 5.14 Å². The first kappa shape index (κ1) is 24.1. The van der Waals surface area contributed by atoms with Crippen molar-refractivity contribution in [3.05, 3.63) is 29.8 Å². The number of carbonyl (C=O) groups excluding carboxylic acids is 1. The number of hydrogen-bond acceptors (Lipinski definition) is 5. The third kappa shape index (κ3) is 6.73. The van der Waals surface area contributed by atoms with E-state index in [9.17, 15) is 13.2 Å². The molecule has 0 radical (unpaired) electrons. The number of primary sulfonamides is 1. The van der Waals surface area contributed by atoms with E-state index in [0.29, 0.717) is 0 Å². The van der Waals surface area contributed by atoms with Crippen LogP contribution in [0.25, 0.3) is 0 Å². The van der Waals surface area contributed by atoms with Crippen LogP contribution in [0.3, 0.4) is 0 Å². The molecule has 0 aliphatic carbocycles. The van der Waals surface area contributed by atoms with E-state index in [0.717, 1.165) is 31.7 Å². The van der Waals surface area contributed by atoms with Crippen molar-refractivity contribution in [2.75, 3.05) is 26.2 Å². The molecule has 1 heterocycles.